The van der Waals surface area contributed by atoms with Crippen molar-refractivity contribution in [1.82, 2.24) is 9.55 Å². The first-order valence-corrected chi connectivity index (χ1v) is 9.11. The Morgan fingerprint density at radius 2 is 1.88 bits per heavy atom. The van der Waals surface area contributed by atoms with Gasteiger partial charge in [0.05, 0.1) is 29.9 Å². The molecule has 4 aromatic rings. The van der Waals surface area contributed by atoms with Gasteiger partial charge in [-0.05, 0) is 30.3 Å². The maximum atomic E-state index is 5.57. The summed E-state index contributed by atoms with van der Waals surface area (Å²) in [6, 6.07) is 20.3. The summed E-state index contributed by atoms with van der Waals surface area (Å²) in [6.07, 6.45) is 3.52. The van der Waals surface area contributed by atoms with Crippen molar-refractivity contribution in [2.75, 3.05) is 0 Å². The third-order valence-electron chi connectivity index (χ3n) is 4.53. The molecule has 0 fully saturated rings. The first kappa shape index (κ1) is 15.3. The molecule has 0 radical (unpaired) electrons. The van der Waals surface area contributed by atoms with E-state index in [9.17, 15) is 0 Å². The average molecular weight is 404 g/mol. The molecule has 0 bridgehead atoms. The molecular formula is C21H14BrN3O. The topological polar surface area (TPSA) is 43.3 Å². The number of aliphatic imine (C=N–C) groups is 1. The molecule has 4 nitrogen and oxygen atoms in total. The molecule has 1 aliphatic rings. The Labute approximate surface area is 159 Å². The Balaban J connectivity index is 1.76. The molecule has 2 aromatic carbocycles. The van der Waals surface area contributed by atoms with Crippen molar-refractivity contribution in [2.45, 2.75) is 6.54 Å². The molecule has 5 heteroatoms. The normalized spacial score (nSPS) is 12.9. The van der Waals surface area contributed by atoms with Gasteiger partial charge >= 0.3 is 0 Å². The molecule has 3 heterocycles. The number of rotatable bonds is 2. The van der Waals surface area contributed by atoms with Crippen LogP contribution < -0.4 is 0 Å². The molecule has 5 rings (SSSR count). The smallest absolute Gasteiger partial charge is 0.154 e. The van der Waals surface area contributed by atoms with Crippen LogP contribution in [0.2, 0.25) is 0 Å². The van der Waals surface area contributed by atoms with E-state index in [4.69, 9.17) is 9.41 Å². The van der Waals surface area contributed by atoms with Crippen LogP contribution in [0.1, 0.15) is 16.8 Å². The number of halogens is 1. The quantitative estimate of drug-likeness (QED) is 0.458. The van der Waals surface area contributed by atoms with Gasteiger partial charge in [0, 0.05) is 15.6 Å². The minimum atomic E-state index is 0.534. The van der Waals surface area contributed by atoms with Crippen LogP contribution in [-0.4, -0.2) is 15.3 Å². The van der Waals surface area contributed by atoms with Gasteiger partial charge in [-0.15, -0.1) is 0 Å². The Hall–Kier alpha value is -2.92. The van der Waals surface area contributed by atoms with Crippen molar-refractivity contribution in [3.8, 4) is 17.1 Å². The predicted molar refractivity (Wildman–Crippen MR) is 105 cm³/mol. The van der Waals surface area contributed by atoms with Crippen molar-refractivity contribution < 1.29 is 4.42 Å². The summed E-state index contributed by atoms with van der Waals surface area (Å²) in [6.45, 7) is 0.534. The second kappa shape index (κ2) is 6.11. The molecule has 0 N–H and O–H groups in total. The molecule has 0 atom stereocenters. The summed E-state index contributed by atoms with van der Waals surface area (Å²) in [7, 11) is 0. The van der Waals surface area contributed by atoms with E-state index in [0.29, 0.717) is 6.54 Å². The van der Waals surface area contributed by atoms with E-state index in [0.717, 1.165) is 44.1 Å². The standard InChI is InChI=1S/C21H14BrN3O/c22-15-8-9-17-16(11-15)20(14-5-2-1-3-6-14)23-12-18-21(24-13-25(17)18)19-7-4-10-26-19/h1-11,13H,12H2. The minimum absolute atomic E-state index is 0.534. The monoisotopic (exact) mass is 403 g/mol. The summed E-state index contributed by atoms with van der Waals surface area (Å²) in [5, 5.41) is 0. The molecule has 0 saturated heterocycles. The van der Waals surface area contributed by atoms with Crippen molar-refractivity contribution in [3.63, 3.8) is 0 Å². The zero-order valence-electron chi connectivity index (χ0n) is 13.8. The fourth-order valence-electron chi connectivity index (χ4n) is 3.34. The zero-order valence-corrected chi connectivity index (χ0v) is 15.3. The number of imidazole rings is 1. The van der Waals surface area contributed by atoms with Crippen LogP contribution in [0.4, 0.5) is 0 Å². The maximum Gasteiger partial charge on any atom is 0.154 e. The second-order valence-electron chi connectivity index (χ2n) is 6.08. The average Bonchev–Trinajstić information content (AvgIpc) is 3.30. The highest BCUT2D eigenvalue weighted by Crippen LogP contribution is 2.32. The SMILES string of the molecule is Brc1ccc2c(c1)C(c1ccccc1)=NCc1c(-c3ccco3)ncn1-2. The summed E-state index contributed by atoms with van der Waals surface area (Å²) in [4.78, 5) is 9.54. The Morgan fingerprint density at radius 3 is 2.69 bits per heavy atom. The highest BCUT2D eigenvalue weighted by molar-refractivity contribution is 9.10. The van der Waals surface area contributed by atoms with Gasteiger partial charge in [-0.25, -0.2) is 4.98 Å². The van der Waals surface area contributed by atoms with Crippen LogP contribution >= 0.6 is 15.9 Å². The number of benzene rings is 2. The lowest BCUT2D eigenvalue weighted by molar-refractivity contribution is 0.579. The van der Waals surface area contributed by atoms with Crippen LogP contribution in [-0.2, 0) is 6.54 Å². The number of furan rings is 1. The Morgan fingerprint density at radius 1 is 1.00 bits per heavy atom. The summed E-state index contributed by atoms with van der Waals surface area (Å²) in [5.41, 5.74) is 6.08. The second-order valence-corrected chi connectivity index (χ2v) is 7.00. The number of fused-ring (bicyclic) bond motifs is 3. The van der Waals surface area contributed by atoms with Crippen LogP contribution in [0.15, 0.2) is 87.1 Å². The van der Waals surface area contributed by atoms with Gasteiger partial charge in [0.2, 0.25) is 0 Å². The van der Waals surface area contributed by atoms with E-state index < -0.39 is 0 Å². The lowest BCUT2D eigenvalue weighted by Crippen LogP contribution is -2.06. The number of hydrogen-bond acceptors (Lipinski definition) is 3. The van der Waals surface area contributed by atoms with Crippen LogP contribution in [0.3, 0.4) is 0 Å². The van der Waals surface area contributed by atoms with Gasteiger partial charge in [0.25, 0.3) is 0 Å². The molecule has 0 spiro atoms. The van der Waals surface area contributed by atoms with E-state index in [2.05, 4.69) is 49.7 Å². The third kappa shape index (κ3) is 2.44. The molecule has 1 aliphatic heterocycles. The summed E-state index contributed by atoms with van der Waals surface area (Å²) in [5.74, 6) is 0.760. The third-order valence-corrected chi connectivity index (χ3v) is 5.02. The largest absolute Gasteiger partial charge is 0.463 e. The Kier molecular flexibility index (Phi) is 3.60. The van der Waals surface area contributed by atoms with Crippen LogP contribution in [0.25, 0.3) is 17.1 Å². The maximum absolute atomic E-state index is 5.57. The van der Waals surface area contributed by atoms with Gasteiger partial charge in [-0.3, -0.25) is 9.56 Å². The highest BCUT2D eigenvalue weighted by Gasteiger charge is 2.23. The van der Waals surface area contributed by atoms with E-state index in [1.165, 1.54) is 0 Å². The van der Waals surface area contributed by atoms with Gasteiger partial charge < -0.3 is 4.42 Å². The van der Waals surface area contributed by atoms with E-state index in [1.807, 2.05) is 42.7 Å². The van der Waals surface area contributed by atoms with Gasteiger partial charge in [-0.2, -0.15) is 0 Å². The van der Waals surface area contributed by atoms with Crippen molar-refractivity contribution in [1.29, 1.82) is 0 Å². The van der Waals surface area contributed by atoms with Gasteiger partial charge in [0.15, 0.2) is 5.76 Å². The molecular weight excluding hydrogens is 390 g/mol. The molecule has 26 heavy (non-hydrogen) atoms. The highest BCUT2D eigenvalue weighted by atomic mass is 79.9. The Bertz CT molecular complexity index is 1110. The number of nitrogens with zero attached hydrogens (tertiary/aromatic N) is 3. The van der Waals surface area contributed by atoms with Gasteiger partial charge in [-0.1, -0.05) is 46.3 Å². The van der Waals surface area contributed by atoms with Crippen LogP contribution in [0, 0.1) is 0 Å². The molecule has 2 aromatic heterocycles. The summed E-state index contributed by atoms with van der Waals surface area (Å²) >= 11 is 3.60. The molecule has 0 unspecified atom stereocenters. The van der Waals surface area contributed by atoms with Crippen molar-refractivity contribution >= 4 is 21.6 Å². The van der Waals surface area contributed by atoms with E-state index in [1.54, 1.807) is 6.26 Å². The number of aromatic nitrogens is 2. The molecule has 0 amide bonds. The summed E-state index contributed by atoms with van der Waals surface area (Å²) < 4.78 is 8.70. The molecule has 126 valence electrons. The molecule has 0 aliphatic carbocycles. The first-order valence-electron chi connectivity index (χ1n) is 8.31. The van der Waals surface area contributed by atoms with E-state index >= 15 is 0 Å². The first-order chi connectivity index (χ1) is 12.8. The lowest BCUT2D eigenvalue weighted by atomic mass is 10.0. The fraction of sp³-hybridized carbons (Fsp3) is 0.0476. The lowest BCUT2D eigenvalue weighted by Gasteiger charge is -2.12. The van der Waals surface area contributed by atoms with Gasteiger partial charge in [0.1, 0.15) is 12.0 Å². The predicted octanol–water partition coefficient (Wildman–Crippen LogP) is 5.25. The molecule has 0 saturated carbocycles. The van der Waals surface area contributed by atoms with Crippen molar-refractivity contribution in [3.05, 3.63) is 94.5 Å². The number of hydrogen-bond donors (Lipinski definition) is 0. The minimum Gasteiger partial charge on any atom is -0.463 e. The fourth-order valence-corrected chi connectivity index (χ4v) is 3.70. The van der Waals surface area contributed by atoms with Crippen LogP contribution in [0.5, 0.6) is 0 Å². The zero-order chi connectivity index (χ0) is 17.5. The van der Waals surface area contributed by atoms with Crippen molar-refractivity contribution in [2.24, 2.45) is 4.99 Å². The van der Waals surface area contributed by atoms with E-state index in [-0.39, 0.29) is 0 Å².